The minimum atomic E-state index is 0.861. The Kier molecular flexibility index (Phi) is 4.80. The van der Waals surface area contributed by atoms with Crippen LogP contribution in [0.15, 0.2) is 34.8 Å². The highest BCUT2D eigenvalue weighted by atomic mass is 79.9. The first-order valence-electron chi connectivity index (χ1n) is 5.77. The molecule has 0 atom stereocenters. The quantitative estimate of drug-likeness (QED) is 0.892. The van der Waals surface area contributed by atoms with Gasteiger partial charge in [-0.15, -0.1) is 11.3 Å². The van der Waals surface area contributed by atoms with Gasteiger partial charge in [0.1, 0.15) is 5.75 Å². The summed E-state index contributed by atoms with van der Waals surface area (Å²) in [6.45, 7) is 3.91. The number of rotatable bonds is 5. The van der Waals surface area contributed by atoms with Gasteiger partial charge in [0.25, 0.3) is 0 Å². The van der Waals surface area contributed by atoms with E-state index in [2.05, 4.69) is 52.4 Å². The van der Waals surface area contributed by atoms with Gasteiger partial charge in [-0.1, -0.05) is 6.07 Å². The Morgan fingerprint density at radius 2 is 2.06 bits per heavy atom. The smallest absolute Gasteiger partial charge is 0.133 e. The Hall–Kier alpha value is -0.840. The molecule has 1 aromatic carbocycles. The maximum Gasteiger partial charge on any atom is 0.133 e. The summed E-state index contributed by atoms with van der Waals surface area (Å²) in [5.74, 6) is 0.868. The van der Waals surface area contributed by atoms with Gasteiger partial charge in [0.2, 0.25) is 0 Å². The summed E-state index contributed by atoms with van der Waals surface area (Å²) in [5.41, 5.74) is 1.25. The van der Waals surface area contributed by atoms with Crippen LogP contribution in [0.5, 0.6) is 5.75 Å². The molecule has 0 unspecified atom stereocenters. The lowest BCUT2D eigenvalue weighted by molar-refractivity contribution is 0.412. The van der Waals surface area contributed by atoms with Crippen molar-refractivity contribution in [3.05, 3.63) is 50.1 Å². The molecule has 2 rings (SSSR count). The molecular formula is C14H16BrNOS. The molecular weight excluding hydrogens is 310 g/mol. The Morgan fingerprint density at radius 1 is 1.22 bits per heavy atom. The highest BCUT2D eigenvalue weighted by molar-refractivity contribution is 9.10. The minimum absolute atomic E-state index is 0.861. The van der Waals surface area contributed by atoms with Gasteiger partial charge >= 0.3 is 0 Å². The summed E-state index contributed by atoms with van der Waals surface area (Å²) in [7, 11) is 1.68. The molecule has 0 bridgehead atoms. The van der Waals surface area contributed by atoms with Crippen molar-refractivity contribution in [1.82, 2.24) is 5.32 Å². The summed E-state index contributed by atoms with van der Waals surface area (Å²) >= 11 is 5.34. The van der Waals surface area contributed by atoms with Gasteiger partial charge in [-0.05, 0) is 52.7 Å². The molecule has 0 radical (unpaired) electrons. The van der Waals surface area contributed by atoms with Crippen LogP contribution in [0.1, 0.15) is 15.3 Å². The Labute approximate surface area is 120 Å². The Morgan fingerprint density at radius 3 is 2.67 bits per heavy atom. The van der Waals surface area contributed by atoms with Gasteiger partial charge < -0.3 is 10.1 Å². The fraction of sp³-hybridized carbons (Fsp3) is 0.286. The molecule has 96 valence electrons. The molecule has 1 heterocycles. The monoisotopic (exact) mass is 325 g/mol. The predicted molar refractivity (Wildman–Crippen MR) is 80.3 cm³/mol. The molecule has 0 spiro atoms. The van der Waals surface area contributed by atoms with Crippen LogP contribution < -0.4 is 10.1 Å². The molecule has 1 N–H and O–H groups in total. The third kappa shape index (κ3) is 3.57. The first-order chi connectivity index (χ1) is 8.69. The lowest BCUT2D eigenvalue weighted by Gasteiger charge is -2.07. The SMILES string of the molecule is COc1ccc(CNCc2ccc(C)s2)cc1Br. The molecule has 0 saturated carbocycles. The van der Waals surface area contributed by atoms with Crippen molar-refractivity contribution in [2.45, 2.75) is 20.0 Å². The fourth-order valence-corrected chi connectivity index (χ4v) is 3.18. The number of nitrogens with one attached hydrogen (secondary N) is 1. The molecule has 0 aliphatic rings. The van der Waals surface area contributed by atoms with Crippen LogP contribution in [-0.2, 0) is 13.1 Å². The van der Waals surface area contributed by atoms with E-state index in [0.717, 1.165) is 23.3 Å². The number of methoxy groups -OCH3 is 1. The van der Waals surface area contributed by atoms with E-state index in [1.54, 1.807) is 7.11 Å². The summed E-state index contributed by atoms with van der Waals surface area (Å²) < 4.78 is 6.21. The van der Waals surface area contributed by atoms with Crippen molar-refractivity contribution in [2.75, 3.05) is 7.11 Å². The number of ether oxygens (including phenoxy) is 1. The van der Waals surface area contributed by atoms with E-state index in [4.69, 9.17) is 4.74 Å². The maximum atomic E-state index is 5.21. The molecule has 0 amide bonds. The zero-order valence-corrected chi connectivity index (χ0v) is 12.9. The molecule has 0 saturated heterocycles. The Balaban J connectivity index is 1.88. The van der Waals surface area contributed by atoms with Gasteiger partial charge in [-0.3, -0.25) is 0 Å². The lowest BCUT2D eigenvalue weighted by atomic mass is 10.2. The van der Waals surface area contributed by atoms with Gasteiger partial charge in [0.05, 0.1) is 11.6 Å². The van der Waals surface area contributed by atoms with E-state index in [-0.39, 0.29) is 0 Å². The summed E-state index contributed by atoms with van der Waals surface area (Å²) in [6.07, 6.45) is 0. The van der Waals surface area contributed by atoms with E-state index in [1.807, 2.05) is 17.4 Å². The van der Waals surface area contributed by atoms with Crippen molar-refractivity contribution in [2.24, 2.45) is 0 Å². The molecule has 18 heavy (non-hydrogen) atoms. The fourth-order valence-electron chi connectivity index (χ4n) is 1.73. The largest absolute Gasteiger partial charge is 0.496 e. The second kappa shape index (κ2) is 6.36. The van der Waals surface area contributed by atoms with Crippen LogP contribution >= 0.6 is 27.3 Å². The van der Waals surface area contributed by atoms with Crippen molar-refractivity contribution in [3.8, 4) is 5.75 Å². The van der Waals surface area contributed by atoms with Crippen molar-refractivity contribution >= 4 is 27.3 Å². The lowest BCUT2D eigenvalue weighted by Crippen LogP contribution is -2.11. The number of benzene rings is 1. The van der Waals surface area contributed by atoms with Crippen LogP contribution in [0.2, 0.25) is 0 Å². The van der Waals surface area contributed by atoms with E-state index >= 15 is 0 Å². The normalized spacial score (nSPS) is 10.6. The topological polar surface area (TPSA) is 21.3 Å². The average Bonchev–Trinajstić information content (AvgIpc) is 2.75. The second-order valence-corrected chi connectivity index (χ2v) is 6.31. The standard InChI is InChI=1S/C14H16BrNOS/c1-10-3-5-12(18-10)9-16-8-11-4-6-14(17-2)13(15)7-11/h3-7,16H,8-9H2,1-2H3. The van der Waals surface area contributed by atoms with Gasteiger partial charge in [-0.25, -0.2) is 0 Å². The van der Waals surface area contributed by atoms with Gasteiger partial charge in [0, 0.05) is 22.8 Å². The molecule has 0 fully saturated rings. The molecule has 0 aliphatic heterocycles. The van der Waals surface area contributed by atoms with Crippen LogP contribution in [0.4, 0.5) is 0 Å². The Bertz CT molecular complexity index is 524. The zero-order valence-electron chi connectivity index (χ0n) is 10.5. The third-order valence-corrected chi connectivity index (χ3v) is 4.26. The number of halogens is 1. The highest BCUT2D eigenvalue weighted by Crippen LogP contribution is 2.25. The van der Waals surface area contributed by atoms with E-state index in [9.17, 15) is 0 Å². The van der Waals surface area contributed by atoms with Gasteiger partial charge in [0.15, 0.2) is 0 Å². The van der Waals surface area contributed by atoms with Crippen molar-refractivity contribution in [3.63, 3.8) is 0 Å². The maximum absolute atomic E-state index is 5.21. The minimum Gasteiger partial charge on any atom is -0.496 e. The molecule has 2 nitrogen and oxygen atoms in total. The number of aryl methyl sites for hydroxylation is 1. The summed E-state index contributed by atoms with van der Waals surface area (Å²) in [4.78, 5) is 2.74. The molecule has 0 aliphatic carbocycles. The molecule has 1 aromatic heterocycles. The van der Waals surface area contributed by atoms with E-state index in [0.29, 0.717) is 0 Å². The van der Waals surface area contributed by atoms with Crippen LogP contribution in [0.25, 0.3) is 0 Å². The van der Waals surface area contributed by atoms with Crippen LogP contribution in [0, 0.1) is 6.92 Å². The van der Waals surface area contributed by atoms with Crippen molar-refractivity contribution in [1.29, 1.82) is 0 Å². The molecule has 4 heteroatoms. The van der Waals surface area contributed by atoms with E-state index in [1.165, 1.54) is 15.3 Å². The van der Waals surface area contributed by atoms with Crippen molar-refractivity contribution < 1.29 is 4.74 Å². The number of thiophene rings is 1. The van der Waals surface area contributed by atoms with E-state index < -0.39 is 0 Å². The van der Waals surface area contributed by atoms with Gasteiger partial charge in [-0.2, -0.15) is 0 Å². The third-order valence-electron chi connectivity index (χ3n) is 2.64. The summed E-state index contributed by atoms with van der Waals surface area (Å²) in [6, 6.07) is 10.5. The number of hydrogen-bond acceptors (Lipinski definition) is 3. The predicted octanol–water partition coefficient (Wildman–Crippen LogP) is 4.12. The van der Waals surface area contributed by atoms with Crippen LogP contribution in [0.3, 0.4) is 0 Å². The van der Waals surface area contributed by atoms with Crippen LogP contribution in [-0.4, -0.2) is 7.11 Å². The average molecular weight is 326 g/mol. The molecule has 2 aromatic rings. The first-order valence-corrected chi connectivity index (χ1v) is 7.38. The first kappa shape index (κ1) is 13.6. The summed E-state index contributed by atoms with van der Waals surface area (Å²) in [5, 5.41) is 3.44. The number of hydrogen-bond donors (Lipinski definition) is 1. The second-order valence-electron chi connectivity index (χ2n) is 4.08. The zero-order chi connectivity index (χ0) is 13.0. The highest BCUT2D eigenvalue weighted by Gasteiger charge is 2.01.